The Balaban J connectivity index is 4.71. The summed E-state index contributed by atoms with van der Waals surface area (Å²) < 4.78 is 0.920. The Bertz CT molecular complexity index is 474. The Hall–Kier alpha value is -1.48. The molecule has 0 aromatic rings. The molecule has 0 fully saturated rings. The van der Waals surface area contributed by atoms with Crippen LogP contribution in [0.1, 0.15) is 47.0 Å². The first kappa shape index (κ1) is 21.5. The fraction of sp³-hybridized carbons (Fsp3) is 0.600. The van der Waals surface area contributed by atoms with Crippen molar-refractivity contribution < 1.29 is 4.48 Å². The minimum absolute atomic E-state index is 0.738. The highest BCUT2D eigenvalue weighted by Gasteiger charge is 2.07. The molecule has 132 valence electrons. The zero-order valence-corrected chi connectivity index (χ0v) is 16.4. The number of nitrogens with one attached hydrogen (secondary N) is 1. The predicted octanol–water partition coefficient (Wildman–Crippen LogP) is 4.11. The topological polar surface area (TPSA) is 38.0 Å². The molecule has 0 radical (unpaired) electrons. The third-order valence-electron chi connectivity index (χ3n) is 4.03. The molecule has 0 heterocycles. The Kier molecular flexibility index (Phi) is 9.66. The maximum atomic E-state index is 6.20. The molecule has 0 saturated carbocycles. The van der Waals surface area contributed by atoms with Gasteiger partial charge in [-0.2, -0.15) is 0 Å². The van der Waals surface area contributed by atoms with Gasteiger partial charge in [-0.3, -0.25) is 0 Å². The van der Waals surface area contributed by atoms with Crippen molar-refractivity contribution >= 4 is 0 Å². The fourth-order valence-corrected chi connectivity index (χ4v) is 2.00. The van der Waals surface area contributed by atoms with Crippen LogP contribution in [0, 0.1) is 0 Å². The first-order valence-electron chi connectivity index (χ1n) is 8.62. The molecule has 0 saturated heterocycles. The summed E-state index contributed by atoms with van der Waals surface area (Å²) in [6.45, 7) is 14.6. The largest absolute Gasteiger partial charge is 0.397 e. The zero-order valence-electron chi connectivity index (χ0n) is 16.4. The first-order valence-corrected chi connectivity index (χ1v) is 8.62. The van der Waals surface area contributed by atoms with Gasteiger partial charge in [-0.05, 0) is 39.2 Å². The van der Waals surface area contributed by atoms with E-state index in [0.29, 0.717) is 0 Å². The molecule has 0 aromatic carbocycles. The molecular formula is C20H38N3+. The van der Waals surface area contributed by atoms with Crippen LogP contribution in [-0.4, -0.2) is 38.7 Å². The number of quaternary nitrogens is 1. The zero-order chi connectivity index (χ0) is 18.0. The van der Waals surface area contributed by atoms with E-state index in [1.165, 1.54) is 30.4 Å². The highest BCUT2D eigenvalue weighted by atomic mass is 15.3. The van der Waals surface area contributed by atoms with Crippen molar-refractivity contribution in [1.29, 1.82) is 0 Å². The van der Waals surface area contributed by atoms with Crippen molar-refractivity contribution in [3.05, 3.63) is 46.8 Å². The molecule has 3 heteroatoms. The highest BCUT2D eigenvalue weighted by molar-refractivity contribution is 5.37. The van der Waals surface area contributed by atoms with Crippen molar-refractivity contribution in [2.45, 2.75) is 47.0 Å². The normalized spacial score (nSPS) is 14.6. The summed E-state index contributed by atoms with van der Waals surface area (Å²) >= 11 is 0. The van der Waals surface area contributed by atoms with Crippen LogP contribution in [0.25, 0.3) is 0 Å². The van der Waals surface area contributed by atoms with Crippen molar-refractivity contribution in [2.24, 2.45) is 5.73 Å². The SMILES string of the molecule is C=C(NCC[N+](C)(C)C)/C(N)=C(C)/C=C\C(C)=C(\C)CCCC. The highest BCUT2D eigenvalue weighted by Crippen LogP contribution is 2.14. The summed E-state index contributed by atoms with van der Waals surface area (Å²) in [5.41, 5.74) is 11.6. The third kappa shape index (κ3) is 10.0. The molecule has 0 atom stereocenters. The van der Waals surface area contributed by atoms with E-state index in [0.717, 1.165) is 34.5 Å². The van der Waals surface area contributed by atoms with Gasteiger partial charge in [0.15, 0.2) is 0 Å². The Morgan fingerprint density at radius 1 is 1.09 bits per heavy atom. The molecule has 0 amide bonds. The third-order valence-corrected chi connectivity index (χ3v) is 4.03. The van der Waals surface area contributed by atoms with E-state index < -0.39 is 0 Å². The van der Waals surface area contributed by atoms with E-state index >= 15 is 0 Å². The van der Waals surface area contributed by atoms with Crippen molar-refractivity contribution in [3.63, 3.8) is 0 Å². The summed E-state index contributed by atoms with van der Waals surface area (Å²) in [6, 6.07) is 0. The van der Waals surface area contributed by atoms with Crippen molar-refractivity contribution in [1.82, 2.24) is 5.32 Å². The number of nitrogens with two attached hydrogens (primary N) is 1. The van der Waals surface area contributed by atoms with Crippen molar-refractivity contribution in [2.75, 3.05) is 34.2 Å². The molecule has 0 aliphatic rings. The Morgan fingerprint density at radius 2 is 1.65 bits per heavy atom. The van der Waals surface area contributed by atoms with Crippen LogP contribution < -0.4 is 11.1 Å². The van der Waals surface area contributed by atoms with Gasteiger partial charge in [0.25, 0.3) is 0 Å². The van der Waals surface area contributed by atoms with Gasteiger partial charge in [0, 0.05) is 0 Å². The molecule has 0 aliphatic heterocycles. The van der Waals surface area contributed by atoms with E-state index in [1.54, 1.807) is 0 Å². The molecule has 0 unspecified atom stereocenters. The summed E-state index contributed by atoms with van der Waals surface area (Å²) in [7, 11) is 6.52. The molecule has 0 aromatic heterocycles. The Labute approximate surface area is 144 Å². The lowest BCUT2D eigenvalue weighted by Crippen LogP contribution is -2.40. The van der Waals surface area contributed by atoms with Gasteiger partial charge in [0.1, 0.15) is 0 Å². The van der Waals surface area contributed by atoms with Gasteiger partial charge in [0.2, 0.25) is 0 Å². The monoisotopic (exact) mass is 320 g/mol. The first-order chi connectivity index (χ1) is 10.6. The van der Waals surface area contributed by atoms with Gasteiger partial charge < -0.3 is 15.5 Å². The molecule has 0 bridgehead atoms. The summed E-state index contributed by atoms with van der Waals surface area (Å²) in [4.78, 5) is 0. The molecule has 0 rings (SSSR count). The lowest BCUT2D eigenvalue weighted by Gasteiger charge is -2.24. The van der Waals surface area contributed by atoms with Gasteiger partial charge in [-0.1, -0.05) is 43.2 Å². The van der Waals surface area contributed by atoms with E-state index in [1.807, 2.05) is 6.92 Å². The van der Waals surface area contributed by atoms with Crippen LogP contribution in [0.4, 0.5) is 0 Å². The number of hydrogen-bond acceptors (Lipinski definition) is 2. The number of nitrogens with zero attached hydrogens (tertiary/aromatic N) is 1. The van der Waals surface area contributed by atoms with Crippen LogP contribution >= 0.6 is 0 Å². The number of allylic oxidation sites excluding steroid dienone is 5. The number of unbranched alkanes of at least 4 members (excludes halogenated alkanes) is 1. The summed E-state index contributed by atoms with van der Waals surface area (Å²) in [5, 5.41) is 3.32. The lowest BCUT2D eigenvalue weighted by molar-refractivity contribution is -0.869. The smallest absolute Gasteiger partial charge is 0.0955 e. The van der Waals surface area contributed by atoms with Gasteiger partial charge in [0.05, 0.1) is 45.6 Å². The maximum Gasteiger partial charge on any atom is 0.0955 e. The molecule has 0 aliphatic carbocycles. The lowest BCUT2D eigenvalue weighted by atomic mass is 10.0. The van der Waals surface area contributed by atoms with Crippen LogP contribution in [-0.2, 0) is 0 Å². The molecule has 0 spiro atoms. The maximum absolute atomic E-state index is 6.20. The van der Waals surface area contributed by atoms with E-state index in [-0.39, 0.29) is 0 Å². The average Bonchev–Trinajstić information content (AvgIpc) is 2.47. The van der Waals surface area contributed by atoms with E-state index in [2.05, 4.69) is 66.0 Å². The van der Waals surface area contributed by atoms with E-state index in [4.69, 9.17) is 5.73 Å². The quantitative estimate of drug-likeness (QED) is 0.469. The minimum atomic E-state index is 0.738. The second-order valence-electron chi connectivity index (χ2n) is 7.42. The second-order valence-corrected chi connectivity index (χ2v) is 7.42. The van der Waals surface area contributed by atoms with Gasteiger partial charge in [-0.25, -0.2) is 0 Å². The van der Waals surface area contributed by atoms with E-state index in [9.17, 15) is 0 Å². The standard InChI is InChI=1S/C20H38N3/c1-9-10-11-16(2)17(3)12-13-18(4)20(21)19(5)22-14-15-23(6,7)8/h12-13,22H,5,9-11,14-15,21H2,1-4,6-8H3/q+1/b13-12-,17-16-,20-18-. The molecular weight excluding hydrogens is 282 g/mol. The van der Waals surface area contributed by atoms with Gasteiger partial charge >= 0.3 is 0 Å². The molecule has 3 nitrogen and oxygen atoms in total. The number of likely N-dealkylation sites (N-methyl/N-ethyl adjacent to an activating group) is 1. The fourth-order valence-electron chi connectivity index (χ4n) is 2.00. The van der Waals surface area contributed by atoms with Crippen LogP contribution in [0.15, 0.2) is 46.8 Å². The second kappa shape index (κ2) is 10.3. The van der Waals surface area contributed by atoms with Crippen LogP contribution in [0.5, 0.6) is 0 Å². The minimum Gasteiger partial charge on any atom is -0.397 e. The van der Waals surface area contributed by atoms with Crippen LogP contribution in [0.3, 0.4) is 0 Å². The van der Waals surface area contributed by atoms with Crippen LogP contribution in [0.2, 0.25) is 0 Å². The Morgan fingerprint density at radius 3 is 2.17 bits per heavy atom. The summed E-state index contributed by atoms with van der Waals surface area (Å²) in [5.74, 6) is 0. The predicted molar refractivity (Wildman–Crippen MR) is 104 cm³/mol. The molecule has 23 heavy (non-hydrogen) atoms. The summed E-state index contributed by atoms with van der Waals surface area (Å²) in [6.07, 6.45) is 7.91. The van der Waals surface area contributed by atoms with Crippen molar-refractivity contribution in [3.8, 4) is 0 Å². The van der Waals surface area contributed by atoms with Gasteiger partial charge in [-0.15, -0.1) is 0 Å². The average molecular weight is 321 g/mol. The number of hydrogen-bond donors (Lipinski definition) is 2. The molecule has 3 N–H and O–H groups in total. The number of rotatable bonds is 10.